The summed E-state index contributed by atoms with van der Waals surface area (Å²) >= 11 is -2.62. The van der Waals surface area contributed by atoms with Crippen LogP contribution in [-0.2, 0) is 16.0 Å². The molecule has 2 aliphatic rings. The molecule has 23 heavy (non-hydrogen) atoms. The van der Waals surface area contributed by atoms with Gasteiger partial charge >= 0.3 is 6.03 Å². The fourth-order valence-corrected chi connectivity index (χ4v) is 3.74. The Balaban J connectivity index is 1.91. The van der Waals surface area contributed by atoms with Gasteiger partial charge in [0.15, 0.2) is 0 Å². The summed E-state index contributed by atoms with van der Waals surface area (Å²) in [6.07, 6.45) is 1.92. The van der Waals surface area contributed by atoms with Crippen LogP contribution in [0.4, 0.5) is 14.4 Å². The normalized spacial score (nSPS) is 21.2. The topological polar surface area (TPSA) is 78.5 Å². The number of rotatable bonds is 3. The van der Waals surface area contributed by atoms with E-state index in [1.807, 2.05) is 0 Å². The number of nitrogens with zero attached hydrogens (tertiary/aromatic N) is 1. The molecular formula is C15H18FN3O3S. The second-order valence-corrected chi connectivity index (χ2v) is 6.61. The summed E-state index contributed by atoms with van der Waals surface area (Å²) < 4.78 is 25.2. The monoisotopic (exact) mass is 339 g/mol. The maximum absolute atomic E-state index is 13.6. The van der Waals surface area contributed by atoms with Crippen molar-refractivity contribution in [2.24, 2.45) is 0 Å². The first-order valence-corrected chi connectivity index (χ1v) is 8.65. The van der Waals surface area contributed by atoms with Crippen LogP contribution in [0.1, 0.15) is 30.7 Å². The van der Waals surface area contributed by atoms with E-state index in [2.05, 4.69) is 10.6 Å². The largest absolute Gasteiger partial charge is 0.328 e. The number of hydrogen-bond donors (Lipinski definition) is 2. The fourth-order valence-electron chi connectivity index (χ4n) is 3.11. The van der Waals surface area contributed by atoms with E-state index >= 15 is 0 Å². The summed E-state index contributed by atoms with van der Waals surface area (Å²) in [5, 5.41) is 5.47. The van der Waals surface area contributed by atoms with Crippen LogP contribution >= 0.6 is 0 Å². The number of hydrogen-bond acceptors (Lipinski definition) is 4. The molecule has 1 aromatic rings. The highest BCUT2D eigenvalue weighted by atomic mass is 32.2. The minimum absolute atomic E-state index is 0.124. The molecule has 0 aromatic heterocycles. The van der Waals surface area contributed by atoms with Crippen LogP contribution in [0, 0.1) is 0 Å². The van der Waals surface area contributed by atoms with Gasteiger partial charge in [-0.2, -0.15) is 0 Å². The molecule has 1 aromatic carbocycles. The number of anilines is 1. The van der Waals surface area contributed by atoms with Crippen molar-refractivity contribution < 1.29 is 17.7 Å². The molecule has 0 radical (unpaired) electrons. The number of imide groups is 1. The van der Waals surface area contributed by atoms with E-state index in [0.29, 0.717) is 5.69 Å². The van der Waals surface area contributed by atoms with Crippen molar-refractivity contribution >= 4 is 28.8 Å². The number of halogens is 1. The highest BCUT2D eigenvalue weighted by Gasteiger charge is 2.27. The molecule has 1 atom stereocenters. The highest BCUT2D eigenvalue weighted by Crippen LogP contribution is 2.33. The maximum atomic E-state index is 13.6. The molecule has 2 fully saturated rings. The third-order valence-corrected chi connectivity index (χ3v) is 5.01. The number of benzene rings is 1. The van der Waals surface area contributed by atoms with E-state index in [0.717, 1.165) is 31.5 Å². The predicted molar refractivity (Wildman–Crippen MR) is 84.3 cm³/mol. The summed E-state index contributed by atoms with van der Waals surface area (Å²) in [7, 11) is 0. The predicted octanol–water partition coefficient (Wildman–Crippen LogP) is 1.59. The second-order valence-electron chi connectivity index (χ2n) is 5.72. The molecular weight excluding hydrogens is 321 g/mol. The van der Waals surface area contributed by atoms with E-state index in [1.54, 1.807) is 12.1 Å². The van der Waals surface area contributed by atoms with Crippen molar-refractivity contribution in [1.29, 1.82) is 0 Å². The summed E-state index contributed by atoms with van der Waals surface area (Å²) in [5.41, 5.74) is 1.19. The Hall–Kier alpha value is -1.80. The molecule has 2 saturated heterocycles. The van der Waals surface area contributed by atoms with Crippen LogP contribution in [0.25, 0.3) is 0 Å². The zero-order chi connectivity index (χ0) is 16.4. The van der Waals surface area contributed by atoms with Gasteiger partial charge < -0.3 is 5.32 Å². The Kier molecular flexibility index (Phi) is 4.72. The Morgan fingerprint density at radius 2 is 1.96 bits per heavy atom. The van der Waals surface area contributed by atoms with Crippen LogP contribution in [0.3, 0.4) is 0 Å². The van der Waals surface area contributed by atoms with Crippen molar-refractivity contribution in [3.8, 4) is 0 Å². The van der Waals surface area contributed by atoms with Crippen LogP contribution in [-0.4, -0.2) is 35.8 Å². The SMILES string of the molecule is O=C1CCN(c2ccc(C3CCNCC3)c(S(=O)F)c2)C(=O)N1. The van der Waals surface area contributed by atoms with Crippen LogP contribution in [0.15, 0.2) is 23.1 Å². The second kappa shape index (κ2) is 6.76. The summed E-state index contributed by atoms with van der Waals surface area (Å²) in [6, 6.07) is 4.40. The number of carbonyl (C=O) groups excluding carboxylic acids is 2. The minimum atomic E-state index is -2.62. The molecule has 124 valence electrons. The van der Waals surface area contributed by atoms with Gasteiger partial charge in [-0.15, -0.1) is 3.89 Å². The lowest BCUT2D eigenvalue weighted by Gasteiger charge is -2.28. The van der Waals surface area contributed by atoms with Gasteiger partial charge in [0.1, 0.15) is 0 Å². The Morgan fingerprint density at radius 3 is 2.61 bits per heavy atom. The lowest BCUT2D eigenvalue weighted by molar-refractivity contribution is -0.120. The number of piperidine rings is 1. The van der Waals surface area contributed by atoms with Crippen LogP contribution in [0.5, 0.6) is 0 Å². The van der Waals surface area contributed by atoms with Gasteiger partial charge in [0.2, 0.25) is 17.1 Å². The number of carbonyl (C=O) groups is 2. The van der Waals surface area contributed by atoms with E-state index in [1.165, 1.54) is 11.0 Å². The minimum Gasteiger partial charge on any atom is -0.317 e. The summed E-state index contributed by atoms with van der Waals surface area (Å²) in [6.45, 7) is 1.93. The third kappa shape index (κ3) is 3.42. The van der Waals surface area contributed by atoms with E-state index in [-0.39, 0.29) is 29.7 Å². The maximum Gasteiger partial charge on any atom is 0.328 e. The lowest BCUT2D eigenvalue weighted by Crippen LogP contribution is -2.49. The molecule has 2 N–H and O–H groups in total. The number of urea groups is 1. The van der Waals surface area contributed by atoms with Crippen molar-refractivity contribution in [2.45, 2.75) is 30.1 Å². The lowest BCUT2D eigenvalue weighted by atomic mass is 9.90. The van der Waals surface area contributed by atoms with Crippen molar-refractivity contribution in [2.75, 3.05) is 24.5 Å². The zero-order valence-electron chi connectivity index (χ0n) is 12.5. The number of amides is 3. The fraction of sp³-hybridized carbons (Fsp3) is 0.467. The summed E-state index contributed by atoms with van der Waals surface area (Å²) in [4.78, 5) is 24.6. The first-order chi connectivity index (χ1) is 11.1. The van der Waals surface area contributed by atoms with E-state index in [9.17, 15) is 17.7 Å². The van der Waals surface area contributed by atoms with Crippen molar-refractivity contribution in [1.82, 2.24) is 10.6 Å². The molecule has 0 bridgehead atoms. The van der Waals surface area contributed by atoms with Gasteiger partial charge in [-0.1, -0.05) is 6.07 Å². The highest BCUT2D eigenvalue weighted by molar-refractivity contribution is 7.79. The molecule has 2 heterocycles. The zero-order valence-corrected chi connectivity index (χ0v) is 13.3. The van der Waals surface area contributed by atoms with Gasteiger partial charge in [0.05, 0.1) is 4.90 Å². The molecule has 0 aliphatic carbocycles. The molecule has 3 amide bonds. The molecule has 8 heteroatoms. The molecule has 6 nitrogen and oxygen atoms in total. The summed E-state index contributed by atoms with van der Waals surface area (Å²) in [5.74, 6) is -0.163. The van der Waals surface area contributed by atoms with Gasteiger partial charge in [0, 0.05) is 18.7 Å². The van der Waals surface area contributed by atoms with Gasteiger partial charge in [-0.25, -0.2) is 9.00 Å². The molecule has 3 rings (SSSR count). The van der Waals surface area contributed by atoms with Gasteiger partial charge in [-0.3, -0.25) is 15.0 Å². The van der Waals surface area contributed by atoms with Gasteiger partial charge in [0.25, 0.3) is 0 Å². The van der Waals surface area contributed by atoms with Crippen molar-refractivity contribution in [3.05, 3.63) is 23.8 Å². The van der Waals surface area contributed by atoms with Crippen LogP contribution < -0.4 is 15.5 Å². The van der Waals surface area contributed by atoms with Crippen LogP contribution in [0.2, 0.25) is 0 Å². The average Bonchev–Trinajstić information content (AvgIpc) is 2.55. The van der Waals surface area contributed by atoms with E-state index < -0.39 is 17.2 Å². The van der Waals surface area contributed by atoms with Gasteiger partial charge in [-0.05, 0) is 49.5 Å². The molecule has 0 spiro atoms. The smallest absolute Gasteiger partial charge is 0.317 e. The van der Waals surface area contributed by atoms with Crippen molar-refractivity contribution in [3.63, 3.8) is 0 Å². The Bertz CT molecular complexity index is 661. The standard InChI is InChI=1S/C15H18FN3O3S/c16-23(22)13-9-11(19-8-5-14(20)18-15(19)21)1-2-12(13)10-3-6-17-7-4-10/h1-2,9-10,17H,3-8H2,(H,18,20,21). The third-order valence-electron chi connectivity index (χ3n) is 4.31. The Labute approximate surface area is 136 Å². The first kappa shape index (κ1) is 16.1. The first-order valence-electron chi connectivity index (χ1n) is 7.60. The molecule has 2 aliphatic heterocycles. The Morgan fingerprint density at radius 1 is 1.22 bits per heavy atom. The molecule has 0 saturated carbocycles. The average molecular weight is 339 g/mol. The van der Waals surface area contributed by atoms with E-state index in [4.69, 9.17) is 0 Å². The number of nitrogens with one attached hydrogen (secondary N) is 2. The molecule has 1 unspecified atom stereocenters. The quantitative estimate of drug-likeness (QED) is 0.820.